The predicted octanol–water partition coefficient (Wildman–Crippen LogP) is 4.16. The highest BCUT2D eigenvalue weighted by atomic mass is 79.9. The topological polar surface area (TPSA) is 64.4 Å². The summed E-state index contributed by atoms with van der Waals surface area (Å²) in [6.07, 6.45) is 0. The van der Waals surface area contributed by atoms with Crippen molar-refractivity contribution in [3.8, 4) is 5.75 Å². The quantitative estimate of drug-likeness (QED) is 0.761. The highest BCUT2D eigenvalue weighted by Crippen LogP contribution is 2.32. The van der Waals surface area contributed by atoms with E-state index in [2.05, 4.69) is 26.2 Å². The minimum absolute atomic E-state index is 0.256. The van der Waals surface area contributed by atoms with Crippen LogP contribution in [0.5, 0.6) is 5.75 Å². The number of halogens is 1. The van der Waals surface area contributed by atoms with Crippen molar-refractivity contribution in [2.75, 3.05) is 12.4 Å². The maximum absolute atomic E-state index is 12.4. The third-order valence-corrected chi connectivity index (χ3v) is 3.99. The van der Waals surface area contributed by atoms with Gasteiger partial charge in [0.15, 0.2) is 11.5 Å². The van der Waals surface area contributed by atoms with Crippen molar-refractivity contribution < 1.29 is 13.9 Å². The Labute approximate surface area is 135 Å². The number of nitrogens with zero attached hydrogens (tertiary/aromatic N) is 1. The third-order valence-electron chi connectivity index (χ3n) is 3.20. The number of oxazole rings is 1. The van der Waals surface area contributed by atoms with Crippen LogP contribution in [-0.2, 0) is 0 Å². The molecule has 6 heteroatoms. The molecule has 0 aliphatic heterocycles. The summed E-state index contributed by atoms with van der Waals surface area (Å²) in [7, 11) is 1.53. The third kappa shape index (κ3) is 2.57. The molecular weight excluding hydrogens is 348 g/mol. The molecule has 0 unspecified atom stereocenters. The minimum Gasteiger partial charge on any atom is -0.496 e. The van der Waals surface area contributed by atoms with Crippen molar-refractivity contribution in [3.05, 3.63) is 52.3 Å². The Morgan fingerprint density at radius 2 is 2.05 bits per heavy atom. The SMILES string of the molecule is COc1ccccc1C(=O)Nc1ccc2nc(C)oc2c1Br. The number of anilines is 1. The summed E-state index contributed by atoms with van der Waals surface area (Å²) in [5.74, 6) is 0.838. The largest absolute Gasteiger partial charge is 0.496 e. The highest BCUT2D eigenvalue weighted by Gasteiger charge is 2.16. The number of nitrogens with one attached hydrogen (secondary N) is 1. The van der Waals surface area contributed by atoms with Gasteiger partial charge in [-0.3, -0.25) is 4.79 Å². The number of para-hydroxylation sites is 1. The summed E-state index contributed by atoms with van der Waals surface area (Å²) in [4.78, 5) is 16.7. The first-order valence-electron chi connectivity index (χ1n) is 6.60. The molecule has 0 radical (unpaired) electrons. The van der Waals surface area contributed by atoms with E-state index in [-0.39, 0.29) is 5.91 Å². The van der Waals surface area contributed by atoms with Crippen molar-refractivity contribution >= 4 is 38.6 Å². The van der Waals surface area contributed by atoms with E-state index in [0.29, 0.717) is 32.9 Å². The van der Waals surface area contributed by atoms with E-state index in [1.807, 2.05) is 6.07 Å². The van der Waals surface area contributed by atoms with Gasteiger partial charge < -0.3 is 14.5 Å². The van der Waals surface area contributed by atoms with E-state index in [4.69, 9.17) is 9.15 Å². The summed E-state index contributed by atoms with van der Waals surface area (Å²) in [6.45, 7) is 1.78. The van der Waals surface area contributed by atoms with E-state index in [9.17, 15) is 4.79 Å². The predicted molar refractivity (Wildman–Crippen MR) is 87.4 cm³/mol. The number of aromatic nitrogens is 1. The highest BCUT2D eigenvalue weighted by molar-refractivity contribution is 9.10. The van der Waals surface area contributed by atoms with Gasteiger partial charge in [-0.1, -0.05) is 12.1 Å². The molecule has 3 aromatic rings. The Morgan fingerprint density at radius 3 is 2.82 bits per heavy atom. The normalized spacial score (nSPS) is 10.7. The molecular formula is C16H13BrN2O3. The molecule has 0 aliphatic rings. The second kappa shape index (κ2) is 5.81. The van der Waals surface area contributed by atoms with Gasteiger partial charge in [-0.05, 0) is 40.2 Å². The van der Waals surface area contributed by atoms with Gasteiger partial charge in [-0.2, -0.15) is 0 Å². The lowest BCUT2D eigenvalue weighted by molar-refractivity contribution is 0.102. The maximum Gasteiger partial charge on any atom is 0.259 e. The average molecular weight is 361 g/mol. The lowest BCUT2D eigenvalue weighted by Crippen LogP contribution is -2.13. The zero-order valence-corrected chi connectivity index (χ0v) is 13.6. The molecule has 0 spiro atoms. The molecule has 1 aromatic heterocycles. The number of ether oxygens (including phenoxy) is 1. The van der Waals surface area contributed by atoms with Crippen LogP contribution in [-0.4, -0.2) is 18.0 Å². The van der Waals surface area contributed by atoms with Crippen molar-refractivity contribution in [1.29, 1.82) is 0 Å². The van der Waals surface area contributed by atoms with Gasteiger partial charge in [-0.25, -0.2) is 4.98 Å². The minimum atomic E-state index is -0.256. The van der Waals surface area contributed by atoms with E-state index >= 15 is 0 Å². The summed E-state index contributed by atoms with van der Waals surface area (Å²) in [5, 5.41) is 2.85. The number of hydrogen-bond donors (Lipinski definition) is 1. The van der Waals surface area contributed by atoms with Crippen LogP contribution >= 0.6 is 15.9 Å². The Morgan fingerprint density at radius 1 is 1.27 bits per heavy atom. The molecule has 1 amide bonds. The molecule has 0 atom stereocenters. The van der Waals surface area contributed by atoms with Gasteiger partial charge in [0.2, 0.25) is 0 Å². The first-order chi connectivity index (χ1) is 10.6. The van der Waals surface area contributed by atoms with Gasteiger partial charge in [0.25, 0.3) is 5.91 Å². The maximum atomic E-state index is 12.4. The van der Waals surface area contributed by atoms with Gasteiger partial charge in [0.1, 0.15) is 11.3 Å². The number of fused-ring (bicyclic) bond motifs is 1. The van der Waals surface area contributed by atoms with E-state index in [1.54, 1.807) is 37.3 Å². The standard InChI is InChI=1S/C16H13BrN2O3/c1-9-18-12-8-7-11(14(17)15(12)22-9)19-16(20)10-5-3-4-6-13(10)21-2/h3-8H,1-2H3,(H,19,20). The number of hydrogen-bond acceptors (Lipinski definition) is 4. The zero-order valence-electron chi connectivity index (χ0n) is 12.0. The molecule has 2 aromatic carbocycles. The lowest BCUT2D eigenvalue weighted by Gasteiger charge is -2.10. The number of amides is 1. The number of benzene rings is 2. The van der Waals surface area contributed by atoms with Gasteiger partial charge in [0.05, 0.1) is 22.8 Å². The molecule has 0 bridgehead atoms. The molecule has 3 rings (SSSR count). The van der Waals surface area contributed by atoms with Crippen molar-refractivity contribution in [2.24, 2.45) is 0 Å². The van der Waals surface area contributed by atoms with Crippen molar-refractivity contribution in [3.63, 3.8) is 0 Å². The van der Waals surface area contributed by atoms with Crippen molar-refractivity contribution in [2.45, 2.75) is 6.92 Å². The average Bonchev–Trinajstić information content (AvgIpc) is 2.91. The van der Waals surface area contributed by atoms with Crippen LogP contribution in [0.4, 0.5) is 5.69 Å². The number of carbonyl (C=O) groups excluding carboxylic acids is 1. The smallest absolute Gasteiger partial charge is 0.259 e. The zero-order chi connectivity index (χ0) is 15.7. The number of carbonyl (C=O) groups is 1. The van der Waals surface area contributed by atoms with Crippen LogP contribution in [0.2, 0.25) is 0 Å². The number of aryl methyl sites for hydroxylation is 1. The van der Waals surface area contributed by atoms with Crippen molar-refractivity contribution in [1.82, 2.24) is 4.98 Å². The van der Waals surface area contributed by atoms with Crippen LogP contribution in [0.25, 0.3) is 11.1 Å². The van der Waals surface area contributed by atoms with Crippen LogP contribution in [0.1, 0.15) is 16.2 Å². The van der Waals surface area contributed by atoms with Crippen LogP contribution in [0.15, 0.2) is 45.3 Å². The fourth-order valence-corrected chi connectivity index (χ4v) is 2.70. The van der Waals surface area contributed by atoms with E-state index < -0.39 is 0 Å². The van der Waals surface area contributed by atoms with Gasteiger partial charge in [0, 0.05) is 6.92 Å². The Hall–Kier alpha value is -2.34. The number of methoxy groups -OCH3 is 1. The number of rotatable bonds is 3. The fourth-order valence-electron chi connectivity index (χ4n) is 2.19. The van der Waals surface area contributed by atoms with E-state index in [1.165, 1.54) is 7.11 Å². The molecule has 112 valence electrons. The van der Waals surface area contributed by atoms with Gasteiger partial charge in [-0.15, -0.1) is 0 Å². The summed E-state index contributed by atoms with van der Waals surface area (Å²) >= 11 is 3.45. The molecule has 1 heterocycles. The first-order valence-corrected chi connectivity index (χ1v) is 7.39. The van der Waals surface area contributed by atoms with E-state index in [0.717, 1.165) is 5.52 Å². The second-order valence-electron chi connectivity index (χ2n) is 4.66. The molecule has 5 nitrogen and oxygen atoms in total. The Bertz CT molecular complexity index is 858. The summed E-state index contributed by atoms with van der Waals surface area (Å²) in [5.41, 5.74) is 2.42. The monoisotopic (exact) mass is 360 g/mol. The first kappa shape index (κ1) is 14.6. The summed E-state index contributed by atoms with van der Waals surface area (Å²) < 4.78 is 11.4. The molecule has 0 saturated carbocycles. The van der Waals surface area contributed by atoms with Crippen LogP contribution < -0.4 is 10.1 Å². The fraction of sp³-hybridized carbons (Fsp3) is 0.125. The Kier molecular flexibility index (Phi) is 3.85. The molecule has 0 fully saturated rings. The molecule has 0 aliphatic carbocycles. The van der Waals surface area contributed by atoms with Gasteiger partial charge >= 0.3 is 0 Å². The molecule has 0 saturated heterocycles. The second-order valence-corrected chi connectivity index (χ2v) is 5.46. The molecule has 1 N–H and O–H groups in total. The van der Waals surface area contributed by atoms with Crippen LogP contribution in [0, 0.1) is 6.92 Å². The van der Waals surface area contributed by atoms with Crippen LogP contribution in [0.3, 0.4) is 0 Å². The molecule has 22 heavy (non-hydrogen) atoms. The Balaban J connectivity index is 1.96. The lowest BCUT2D eigenvalue weighted by atomic mass is 10.2. The summed E-state index contributed by atoms with van der Waals surface area (Å²) in [6, 6.07) is 10.6.